The van der Waals surface area contributed by atoms with E-state index in [-0.39, 0.29) is 13.2 Å². The molecule has 0 saturated heterocycles. The fourth-order valence-electron chi connectivity index (χ4n) is 6.59. The summed E-state index contributed by atoms with van der Waals surface area (Å²) in [5.74, 6) is 5.31. The van der Waals surface area contributed by atoms with Gasteiger partial charge in [0.2, 0.25) is 0 Å². The van der Waals surface area contributed by atoms with Gasteiger partial charge in [-0.1, -0.05) is 56.0 Å². The lowest BCUT2D eigenvalue weighted by Crippen LogP contribution is -2.29. The lowest BCUT2D eigenvalue weighted by atomic mass is 9.82. The van der Waals surface area contributed by atoms with Gasteiger partial charge in [0.05, 0.1) is 13.2 Å². The van der Waals surface area contributed by atoms with Crippen LogP contribution in [0.4, 0.5) is 0 Å². The molecule has 3 aliphatic carbocycles. The van der Waals surface area contributed by atoms with Crippen LogP contribution in [0.25, 0.3) is 0 Å². The minimum Gasteiger partial charge on any atom is -0.490 e. The second kappa shape index (κ2) is 21.2. The van der Waals surface area contributed by atoms with Gasteiger partial charge in [0, 0.05) is 25.4 Å². The maximum absolute atomic E-state index is 11.1. The maximum Gasteiger partial charge on any atom is 0.330 e. The highest BCUT2D eigenvalue weighted by Crippen LogP contribution is 2.58. The number of para-hydroxylation sites is 2. The highest BCUT2D eigenvalue weighted by Gasteiger charge is 2.48. The van der Waals surface area contributed by atoms with Crippen molar-refractivity contribution in [2.75, 3.05) is 39.6 Å². The van der Waals surface area contributed by atoms with Crippen molar-refractivity contribution in [3.05, 3.63) is 86.0 Å². The molecule has 3 aliphatic rings. The summed E-state index contributed by atoms with van der Waals surface area (Å²) < 4.78 is 31.7. The minimum atomic E-state index is -0.476. The van der Waals surface area contributed by atoms with Crippen molar-refractivity contribution < 1.29 is 38.0 Å². The Morgan fingerprint density at radius 2 is 1.09 bits per heavy atom. The Morgan fingerprint density at radius 3 is 1.46 bits per heavy atom. The largest absolute Gasteiger partial charge is 0.490 e. The summed E-state index contributed by atoms with van der Waals surface area (Å²) in [5, 5.41) is 0. The zero-order chi connectivity index (χ0) is 33.0. The number of rotatable bonds is 16. The molecular formula is C38H52O8. The van der Waals surface area contributed by atoms with Crippen LogP contribution in [0.1, 0.15) is 52.4 Å². The van der Waals surface area contributed by atoms with E-state index in [4.69, 9.17) is 28.4 Å². The smallest absolute Gasteiger partial charge is 0.330 e. The van der Waals surface area contributed by atoms with Crippen LogP contribution in [0.3, 0.4) is 0 Å². The van der Waals surface area contributed by atoms with E-state index < -0.39 is 24.1 Å². The Morgan fingerprint density at radius 1 is 0.674 bits per heavy atom. The van der Waals surface area contributed by atoms with Gasteiger partial charge in [0.1, 0.15) is 24.7 Å². The standard InChI is InChI=1S/2C14H18O4.C10H16/c2*1-3-14(15)18-13(10-16-4-2)11-17-12-8-6-5-7-9-12;1-2-9-7-4-5-8(6-7)10(9)3-1/h2*3,5-9,13H,1,4,10-11H2,2H3;7-10H,1-6H2. The quantitative estimate of drug-likeness (QED) is 0.141. The zero-order valence-electron chi connectivity index (χ0n) is 27.6. The summed E-state index contributed by atoms with van der Waals surface area (Å²) in [6.07, 6.45) is 10.9. The van der Waals surface area contributed by atoms with Gasteiger partial charge in [-0.25, -0.2) is 9.59 Å². The SMILES string of the molecule is C1CC2C3CCC(C3)C2C1.C=CC(=O)OC(COCC)COc1ccccc1.C=CC(=O)OC(COCC)COc1ccccc1. The molecule has 0 spiro atoms. The first kappa shape index (κ1) is 36.8. The summed E-state index contributed by atoms with van der Waals surface area (Å²) in [4.78, 5) is 22.3. The summed E-state index contributed by atoms with van der Waals surface area (Å²) >= 11 is 0. The molecule has 0 heterocycles. The fourth-order valence-corrected chi connectivity index (χ4v) is 6.59. The van der Waals surface area contributed by atoms with Gasteiger partial charge in [0.15, 0.2) is 12.2 Å². The van der Waals surface area contributed by atoms with Crippen LogP contribution in [-0.4, -0.2) is 63.8 Å². The van der Waals surface area contributed by atoms with Crippen molar-refractivity contribution in [3.8, 4) is 11.5 Å². The predicted octanol–water partition coefficient (Wildman–Crippen LogP) is 7.23. The molecule has 2 aromatic carbocycles. The van der Waals surface area contributed by atoms with Gasteiger partial charge < -0.3 is 28.4 Å². The summed E-state index contributed by atoms with van der Waals surface area (Å²) in [5.41, 5.74) is 0. The number of carbonyl (C=O) groups is 2. The zero-order valence-corrected chi connectivity index (χ0v) is 27.6. The lowest BCUT2D eigenvalue weighted by molar-refractivity contribution is -0.148. The first-order chi connectivity index (χ1) is 22.5. The van der Waals surface area contributed by atoms with E-state index in [1.807, 2.05) is 74.5 Å². The first-order valence-electron chi connectivity index (χ1n) is 16.6. The molecule has 2 bridgehead atoms. The van der Waals surface area contributed by atoms with E-state index in [0.29, 0.717) is 26.4 Å². The second-order valence-electron chi connectivity index (χ2n) is 11.7. The predicted molar refractivity (Wildman–Crippen MR) is 179 cm³/mol. The molecule has 8 nitrogen and oxygen atoms in total. The van der Waals surface area contributed by atoms with Crippen molar-refractivity contribution in [2.45, 2.75) is 64.6 Å². The van der Waals surface area contributed by atoms with Crippen molar-refractivity contribution in [2.24, 2.45) is 23.7 Å². The molecule has 0 amide bonds. The Balaban J connectivity index is 0.000000194. The lowest BCUT2D eigenvalue weighted by Gasteiger charge is -2.23. The molecular weight excluding hydrogens is 584 g/mol. The number of ether oxygens (including phenoxy) is 6. The van der Waals surface area contributed by atoms with Crippen molar-refractivity contribution >= 4 is 11.9 Å². The third kappa shape index (κ3) is 13.0. The number of esters is 2. The molecule has 252 valence electrons. The van der Waals surface area contributed by atoms with Crippen molar-refractivity contribution in [1.82, 2.24) is 0 Å². The van der Waals surface area contributed by atoms with E-state index in [1.165, 1.54) is 23.7 Å². The van der Waals surface area contributed by atoms with Gasteiger partial charge in [-0.15, -0.1) is 0 Å². The van der Waals surface area contributed by atoms with Crippen LogP contribution < -0.4 is 9.47 Å². The average Bonchev–Trinajstić information content (AvgIpc) is 3.86. The van der Waals surface area contributed by atoms with Crippen LogP contribution in [0.5, 0.6) is 11.5 Å². The highest BCUT2D eigenvalue weighted by molar-refractivity contribution is 5.81. The number of fused-ring (bicyclic) bond motifs is 5. The van der Waals surface area contributed by atoms with Crippen molar-refractivity contribution in [3.63, 3.8) is 0 Å². The molecule has 5 rings (SSSR count). The number of carbonyl (C=O) groups excluding carboxylic acids is 2. The van der Waals surface area contributed by atoms with E-state index in [0.717, 1.165) is 23.7 Å². The van der Waals surface area contributed by atoms with Gasteiger partial charge in [0.25, 0.3) is 0 Å². The molecule has 6 atom stereocenters. The van der Waals surface area contributed by atoms with Crippen LogP contribution in [-0.2, 0) is 28.5 Å². The number of benzene rings is 2. The molecule has 0 aromatic heterocycles. The summed E-state index contributed by atoms with van der Waals surface area (Å²) in [7, 11) is 0. The van der Waals surface area contributed by atoms with Gasteiger partial charge >= 0.3 is 11.9 Å². The molecule has 3 saturated carbocycles. The minimum absolute atomic E-state index is 0.254. The van der Waals surface area contributed by atoms with Crippen LogP contribution >= 0.6 is 0 Å². The topological polar surface area (TPSA) is 89.5 Å². The van der Waals surface area contributed by atoms with Gasteiger partial charge in [-0.3, -0.25) is 0 Å². The van der Waals surface area contributed by atoms with Crippen molar-refractivity contribution in [1.29, 1.82) is 0 Å². The Hall–Kier alpha value is -3.62. The van der Waals surface area contributed by atoms with Gasteiger partial charge in [-0.2, -0.15) is 0 Å². The Labute approximate surface area is 275 Å². The summed E-state index contributed by atoms with van der Waals surface area (Å²) in [6.45, 7) is 12.7. The molecule has 0 N–H and O–H groups in total. The second-order valence-corrected chi connectivity index (χ2v) is 11.7. The summed E-state index contributed by atoms with van der Waals surface area (Å²) in [6, 6.07) is 18.7. The average molecular weight is 637 g/mol. The van der Waals surface area contributed by atoms with E-state index in [1.54, 1.807) is 38.5 Å². The Bertz CT molecular complexity index is 1060. The Kier molecular flexibility index (Phi) is 17.0. The fraction of sp³-hybridized carbons (Fsp3) is 0.526. The molecule has 0 aliphatic heterocycles. The van der Waals surface area contributed by atoms with Crippen LogP contribution in [0, 0.1) is 23.7 Å². The number of hydrogen-bond acceptors (Lipinski definition) is 8. The van der Waals surface area contributed by atoms with Gasteiger partial charge in [-0.05, 0) is 93.9 Å². The molecule has 3 fully saturated rings. The molecule has 46 heavy (non-hydrogen) atoms. The van der Waals surface area contributed by atoms with Crippen LogP contribution in [0.15, 0.2) is 86.0 Å². The third-order valence-corrected chi connectivity index (χ3v) is 8.62. The molecule has 6 unspecified atom stereocenters. The van der Waals surface area contributed by atoms with E-state index >= 15 is 0 Å². The normalized spacial score (nSPS) is 21.6. The number of hydrogen-bond donors (Lipinski definition) is 0. The molecule has 2 aromatic rings. The maximum atomic E-state index is 11.1. The highest BCUT2D eigenvalue weighted by atomic mass is 16.6. The molecule has 0 radical (unpaired) electrons. The monoisotopic (exact) mass is 636 g/mol. The van der Waals surface area contributed by atoms with Crippen LogP contribution in [0.2, 0.25) is 0 Å². The van der Waals surface area contributed by atoms with E-state index in [9.17, 15) is 9.59 Å². The first-order valence-corrected chi connectivity index (χ1v) is 16.6. The van der Waals surface area contributed by atoms with E-state index in [2.05, 4.69) is 13.2 Å². The third-order valence-electron chi connectivity index (χ3n) is 8.62. The molecule has 8 heteroatoms.